The summed E-state index contributed by atoms with van der Waals surface area (Å²) in [6, 6.07) is 0.410. The first-order chi connectivity index (χ1) is 6.93. The predicted molar refractivity (Wildman–Crippen MR) is 67.1 cm³/mol. The van der Waals surface area contributed by atoms with E-state index in [-0.39, 0.29) is 5.92 Å². The van der Waals surface area contributed by atoms with Crippen LogP contribution in [0.25, 0.3) is 0 Å². The van der Waals surface area contributed by atoms with E-state index >= 15 is 0 Å². The Morgan fingerprint density at radius 3 is 2.47 bits per heavy atom. The van der Waals surface area contributed by atoms with Crippen LogP contribution >= 0.6 is 15.9 Å². The van der Waals surface area contributed by atoms with Crippen molar-refractivity contribution >= 4 is 21.8 Å². The molecule has 0 aromatic carbocycles. The molecule has 0 aromatic rings. The lowest BCUT2D eigenvalue weighted by atomic mass is 9.94. The van der Waals surface area contributed by atoms with Gasteiger partial charge in [-0.3, -0.25) is 4.79 Å². The van der Waals surface area contributed by atoms with E-state index in [2.05, 4.69) is 36.7 Å². The molecule has 3 atom stereocenters. The highest BCUT2D eigenvalue weighted by Crippen LogP contribution is 2.25. The normalized spacial score (nSPS) is 29.3. The molecule has 0 N–H and O–H groups in total. The summed E-state index contributed by atoms with van der Waals surface area (Å²) in [5, 5.41) is 0. The summed E-state index contributed by atoms with van der Waals surface area (Å²) in [6.45, 7) is 9.30. The molecule has 3 heteroatoms. The number of piperidine rings is 1. The summed E-state index contributed by atoms with van der Waals surface area (Å²) in [4.78, 5) is 14.7. The lowest BCUT2D eigenvalue weighted by molar-refractivity contribution is -0.139. The first-order valence-electron chi connectivity index (χ1n) is 5.88. The van der Waals surface area contributed by atoms with Crippen molar-refractivity contribution in [1.82, 2.24) is 4.90 Å². The second-order valence-corrected chi connectivity index (χ2v) is 6.34. The third-order valence-electron chi connectivity index (χ3n) is 3.50. The van der Waals surface area contributed by atoms with Gasteiger partial charge in [-0.25, -0.2) is 0 Å². The summed E-state index contributed by atoms with van der Waals surface area (Å²) in [7, 11) is 0. The zero-order valence-electron chi connectivity index (χ0n) is 10.2. The molecule has 88 valence electrons. The van der Waals surface area contributed by atoms with Crippen LogP contribution < -0.4 is 0 Å². The van der Waals surface area contributed by atoms with Crippen molar-refractivity contribution in [2.45, 2.75) is 51.4 Å². The maximum absolute atomic E-state index is 12.2. The van der Waals surface area contributed by atoms with Crippen LogP contribution in [0.15, 0.2) is 0 Å². The Balaban J connectivity index is 2.64. The van der Waals surface area contributed by atoms with Crippen molar-refractivity contribution in [3.8, 4) is 0 Å². The molecule has 1 amide bonds. The fourth-order valence-corrected chi connectivity index (χ4v) is 2.49. The second kappa shape index (κ2) is 5.33. The maximum Gasteiger partial charge on any atom is 0.225 e. The van der Waals surface area contributed by atoms with Gasteiger partial charge in [-0.05, 0) is 25.7 Å². The summed E-state index contributed by atoms with van der Waals surface area (Å²) >= 11 is 3.62. The molecular weight excluding hydrogens is 254 g/mol. The van der Waals surface area contributed by atoms with Crippen molar-refractivity contribution < 1.29 is 4.79 Å². The number of halogens is 1. The van der Waals surface area contributed by atoms with Gasteiger partial charge in [-0.15, -0.1) is 0 Å². The molecule has 0 aliphatic carbocycles. The molecule has 0 radical (unpaired) electrons. The Bertz CT molecular complexity index is 230. The SMILES string of the molecule is CC(C)C(C)C(=O)N1CC(Br)CCC1C. The Morgan fingerprint density at radius 2 is 1.93 bits per heavy atom. The molecule has 1 fully saturated rings. The van der Waals surface area contributed by atoms with E-state index in [1.807, 2.05) is 11.8 Å². The maximum atomic E-state index is 12.2. The second-order valence-electron chi connectivity index (χ2n) is 5.05. The minimum absolute atomic E-state index is 0.144. The number of carbonyl (C=O) groups is 1. The molecule has 0 aromatic heterocycles. The van der Waals surface area contributed by atoms with Crippen molar-refractivity contribution in [3.05, 3.63) is 0 Å². The third kappa shape index (κ3) is 3.20. The standard InChI is InChI=1S/C12H22BrNO/c1-8(2)10(4)12(15)14-7-11(13)6-5-9(14)3/h8-11H,5-7H2,1-4H3. The molecule has 1 saturated heterocycles. The monoisotopic (exact) mass is 275 g/mol. The quantitative estimate of drug-likeness (QED) is 0.710. The lowest BCUT2D eigenvalue weighted by Gasteiger charge is -2.38. The van der Waals surface area contributed by atoms with E-state index < -0.39 is 0 Å². The third-order valence-corrected chi connectivity index (χ3v) is 4.24. The molecule has 15 heavy (non-hydrogen) atoms. The van der Waals surface area contributed by atoms with E-state index in [1.165, 1.54) is 6.42 Å². The largest absolute Gasteiger partial charge is 0.339 e. The zero-order chi connectivity index (χ0) is 11.6. The highest BCUT2D eigenvalue weighted by atomic mass is 79.9. The zero-order valence-corrected chi connectivity index (χ0v) is 11.8. The van der Waals surface area contributed by atoms with Crippen LogP contribution in [0.5, 0.6) is 0 Å². The lowest BCUT2D eigenvalue weighted by Crippen LogP contribution is -2.48. The molecule has 1 aliphatic rings. The summed E-state index contributed by atoms with van der Waals surface area (Å²) in [6.07, 6.45) is 2.30. The fraction of sp³-hybridized carbons (Fsp3) is 0.917. The Morgan fingerprint density at radius 1 is 1.33 bits per heavy atom. The van der Waals surface area contributed by atoms with Crippen LogP contribution in [0, 0.1) is 11.8 Å². The van der Waals surface area contributed by atoms with Gasteiger partial charge in [0.05, 0.1) is 0 Å². The van der Waals surface area contributed by atoms with Crippen LogP contribution in [0.4, 0.5) is 0 Å². The molecule has 0 spiro atoms. The minimum atomic E-state index is 0.144. The van der Waals surface area contributed by atoms with E-state index in [0.717, 1.165) is 13.0 Å². The highest BCUT2D eigenvalue weighted by molar-refractivity contribution is 9.09. The van der Waals surface area contributed by atoms with Gasteiger partial charge in [0.25, 0.3) is 0 Å². The summed E-state index contributed by atoms with van der Waals surface area (Å²) in [5.41, 5.74) is 0. The highest BCUT2D eigenvalue weighted by Gasteiger charge is 2.31. The molecule has 3 unspecified atom stereocenters. The molecule has 1 aliphatic heterocycles. The molecule has 0 bridgehead atoms. The molecule has 1 rings (SSSR count). The van der Waals surface area contributed by atoms with Gasteiger partial charge in [-0.1, -0.05) is 36.7 Å². The van der Waals surface area contributed by atoms with E-state index in [9.17, 15) is 4.79 Å². The predicted octanol–water partition coefficient (Wildman–Crippen LogP) is 3.05. The summed E-state index contributed by atoms with van der Waals surface area (Å²) < 4.78 is 0. The number of carbonyl (C=O) groups excluding carboxylic acids is 1. The van der Waals surface area contributed by atoms with Gasteiger partial charge in [0.2, 0.25) is 5.91 Å². The average molecular weight is 276 g/mol. The number of amides is 1. The van der Waals surface area contributed by atoms with Gasteiger partial charge in [0, 0.05) is 23.3 Å². The number of alkyl halides is 1. The Kier molecular flexibility index (Phi) is 4.63. The molecular formula is C12H22BrNO. The van der Waals surface area contributed by atoms with E-state index in [4.69, 9.17) is 0 Å². The smallest absolute Gasteiger partial charge is 0.225 e. The molecule has 0 saturated carbocycles. The number of likely N-dealkylation sites (tertiary alicyclic amines) is 1. The van der Waals surface area contributed by atoms with Crippen molar-refractivity contribution in [2.24, 2.45) is 11.8 Å². The van der Waals surface area contributed by atoms with Crippen LogP contribution in [-0.4, -0.2) is 28.2 Å². The van der Waals surface area contributed by atoms with Gasteiger partial charge < -0.3 is 4.90 Å². The Labute approximate surface area is 102 Å². The fourth-order valence-electron chi connectivity index (χ4n) is 1.92. The minimum Gasteiger partial charge on any atom is -0.339 e. The topological polar surface area (TPSA) is 20.3 Å². The number of nitrogens with zero attached hydrogens (tertiary/aromatic N) is 1. The van der Waals surface area contributed by atoms with Gasteiger partial charge in [0.15, 0.2) is 0 Å². The number of rotatable bonds is 2. The molecule has 2 nitrogen and oxygen atoms in total. The first-order valence-corrected chi connectivity index (χ1v) is 6.79. The van der Waals surface area contributed by atoms with Crippen LogP contribution in [0.2, 0.25) is 0 Å². The number of hydrogen-bond acceptors (Lipinski definition) is 1. The first kappa shape index (κ1) is 13.0. The van der Waals surface area contributed by atoms with E-state index in [1.54, 1.807) is 0 Å². The van der Waals surface area contributed by atoms with Crippen LogP contribution in [-0.2, 0) is 4.79 Å². The van der Waals surface area contributed by atoms with Crippen LogP contribution in [0.1, 0.15) is 40.5 Å². The Hall–Kier alpha value is -0.0500. The van der Waals surface area contributed by atoms with Crippen LogP contribution in [0.3, 0.4) is 0 Å². The van der Waals surface area contributed by atoms with Crippen molar-refractivity contribution in [1.29, 1.82) is 0 Å². The van der Waals surface area contributed by atoms with Gasteiger partial charge >= 0.3 is 0 Å². The van der Waals surface area contributed by atoms with Crippen molar-refractivity contribution in [2.75, 3.05) is 6.54 Å². The summed E-state index contributed by atoms with van der Waals surface area (Å²) in [5.74, 6) is 0.896. The van der Waals surface area contributed by atoms with Gasteiger partial charge in [-0.2, -0.15) is 0 Å². The average Bonchev–Trinajstić information content (AvgIpc) is 2.19. The van der Waals surface area contributed by atoms with Gasteiger partial charge in [0.1, 0.15) is 0 Å². The van der Waals surface area contributed by atoms with E-state index in [0.29, 0.717) is 22.7 Å². The van der Waals surface area contributed by atoms with Crippen molar-refractivity contribution in [3.63, 3.8) is 0 Å². The molecule has 1 heterocycles. The number of hydrogen-bond donors (Lipinski definition) is 0.